The topological polar surface area (TPSA) is 93.4 Å². The SMILES string of the molecule is CC1=CNC(C(=O)O)CC1n1c(C)cc(OCc2ncc(F)cc2F)c(Cl)c1=O. The van der Waals surface area contributed by atoms with E-state index in [9.17, 15) is 23.5 Å². The molecule has 0 amide bonds. The van der Waals surface area contributed by atoms with Crippen molar-refractivity contribution in [1.82, 2.24) is 14.9 Å². The van der Waals surface area contributed by atoms with Crippen molar-refractivity contribution in [2.45, 2.75) is 39.0 Å². The summed E-state index contributed by atoms with van der Waals surface area (Å²) in [6, 6.07) is 0.863. The first-order valence-corrected chi connectivity index (χ1v) is 9.06. The van der Waals surface area contributed by atoms with E-state index in [1.54, 1.807) is 20.0 Å². The summed E-state index contributed by atoms with van der Waals surface area (Å²) in [4.78, 5) is 27.8. The maximum absolute atomic E-state index is 13.7. The number of pyridine rings is 2. The normalized spacial score (nSPS) is 18.7. The summed E-state index contributed by atoms with van der Waals surface area (Å²) >= 11 is 6.18. The predicted molar refractivity (Wildman–Crippen MR) is 101 cm³/mol. The van der Waals surface area contributed by atoms with Crippen LogP contribution in [0.3, 0.4) is 0 Å². The smallest absolute Gasteiger partial charge is 0.326 e. The minimum absolute atomic E-state index is 0.0290. The Morgan fingerprint density at radius 1 is 1.41 bits per heavy atom. The molecule has 1 aliphatic rings. The third-order valence-corrected chi connectivity index (χ3v) is 5.05. The van der Waals surface area contributed by atoms with Gasteiger partial charge in [0.1, 0.15) is 34.9 Å². The highest BCUT2D eigenvalue weighted by Gasteiger charge is 2.30. The van der Waals surface area contributed by atoms with Crippen molar-refractivity contribution in [3.05, 3.63) is 68.5 Å². The van der Waals surface area contributed by atoms with Crippen molar-refractivity contribution in [3.8, 4) is 5.75 Å². The standard InChI is InChI=1S/C19H18ClF2N3O4/c1-9-6-23-13(19(27)28)5-15(9)25-10(2)3-16(17(20)18(25)26)29-8-14-12(22)4-11(21)7-24-14/h3-4,6-7,13,15,23H,5,8H2,1-2H3,(H,27,28). The molecule has 2 atom stereocenters. The number of nitrogens with zero attached hydrogens (tertiary/aromatic N) is 2. The van der Waals surface area contributed by atoms with Gasteiger partial charge >= 0.3 is 5.97 Å². The molecule has 154 valence electrons. The van der Waals surface area contributed by atoms with E-state index in [0.717, 1.165) is 11.8 Å². The third-order valence-electron chi connectivity index (χ3n) is 4.70. The predicted octanol–water partition coefficient (Wildman–Crippen LogP) is 2.95. The molecular formula is C19H18ClF2N3O4. The van der Waals surface area contributed by atoms with Crippen LogP contribution >= 0.6 is 11.6 Å². The second-order valence-corrected chi connectivity index (χ2v) is 7.09. The maximum atomic E-state index is 13.7. The van der Waals surface area contributed by atoms with Crippen LogP contribution in [-0.2, 0) is 11.4 Å². The van der Waals surface area contributed by atoms with E-state index >= 15 is 0 Å². The van der Waals surface area contributed by atoms with Gasteiger partial charge in [-0.15, -0.1) is 0 Å². The van der Waals surface area contributed by atoms with Crippen LogP contribution in [0.5, 0.6) is 5.75 Å². The Morgan fingerprint density at radius 3 is 2.79 bits per heavy atom. The molecule has 0 radical (unpaired) electrons. The number of allylic oxidation sites excluding steroid dienone is 1. The van der Waals surface area contributed by atoms with E-state index in [1.165, 1.54) is 10.6 Å². The molecule has 2 N–H and O–H groups in total. The van der Waals surface area contributed by atoms with E-state index in [0.29, 0.717) is 11.8 Å². The number of carboxylic acids is 1. The van der Waals surface area contributed by atoms with Crippen LogP contribution in [0.1, 0.15) is 30.8 Å². The highest BCUT2D eigenvalue weighted by molar-refractivity contribution is 6.31. The number of aliphatic carboxylic acids is 1. The summed E-state index contributed by atoms with van der Waals surface area (Å²) in [6.45, 7) is 3.09. The molecule has 0 saturated heterocycles. The van der Waals surface area contributed by atoms with Gasteiger partial charge in [-0.2, -0.15) is 0 Å². The van der Waals surface area contributed by atoms with Crippen LogP contribution < -0.4 is 15.6 Å². The van der Waals surface area contributed by atoms with Gasteiger partial charge in [0.15, 0.2) is 5.82 Å². The van der Waals surface area contributed by atoms with Crippen molar-refractivity contribution >= 4 is 17.6 Å². The fourth-order valence-corrected chi connectivity index (χ4v) is 3.37. The first-order valence-electron chi connectivity index (χ1n) is 8.69. The van der Waals surface area contributed by atoms with E-state index in [-0.39, 0.29) is 29.5 Å². The monoisotopic (exact) mass is 425 g/mol. The molecule has 0 fully saturated rings. The van der Waals surface area contributed by atoms with Crippen molar-refractivity contribution in [3.63, 3.8) is 0 Å². The number of hydrogen-bond acceptors (Lipinski definition) is 5. The van der Waals surface area contributed by atoms with Gasteiger partial charge in [0.2, 0.25) is 0 Å². The lowest BCUT2D eigenvalue weighted by Gasteiger charge is -2.30. The summed E-state index contributed by atoms with van der Waals surface area (Å²) in [5.74, 6) is -2.68. The highest BCUT2D eigenvalue weighted by atomic mass is 35.5. The molecule has 0 saturated carbocycles. The number of rotatable bonds is 5. The average Bonchev–Trinajstić information content (AvgIpc) is 2.66. The second-order valence-electron chi connectivity index (χ2n) is 6.71. The molecule has 2 aromatic rings. The van der Waals surface area contributed by atoms with Gasteiger partial charge in [0, 0.05) is 24.2 Å². The average molecular weight is 426 g/mol. The molecule has 7 nitrogen and oxygen atoms in total. The third kappa shape index (κ3) is 4.24. The minimum atomic E-state index is -1.02. The maximum Gasteiger partial charge on any atom is 0.326 e. The van der Waals surface area contributed by atoms with Crippen LogP contribution in [0.4, 0.5) is 8.78 Å². The van der Waals surface area contributed by atoms with Crippen LogP contribution in [0.25, 0.3) is 0 Å². The summed E-state index contributed by atoms with van der Waals surface area (Å²) < 4.78 is 33.5. The molecule has 1 aliphatic heterocycles. The lowest BCUT2D eigenvalue weighted by atomic mass is 9.96. The minimum Gasteiger partial charge on any atom is -0.485 e. The van der Waals surface area contributed by atoms with Gasteiger partial charge in [-0.1, -0.05) is 11.6 Å². The van der Waals surface area contributed by atoms with E-state index in [4.69, 9.17) is 16.3 Å². The van der Waals surface area contributed by atoms with Crippen LogP contribution in [0, 0.1) is 18.6 Å². The number of ether oxygens (including phenoxy) is 1. The summed E-state index contributed by atoms with van der Waals surface area (Å²) in [5, 5.41) is 11.8. The number of aromatic nitrogens is 2. The summed E-state index contributed by atoms with van der Waals surface area (Å²) in [6.07, 6.45) is 2.59. The van der Waals surface area contributed by atoms with Gasteiger partial charge < -0.3 is 19.7 Å². The molecule has 0 aliphatic carbocycles. The summed E-state index contributed by atoms with van der Waals surface area (Å²) in [5.41, 5.74) is 0.574. The Balaban J connectivity index is 1.90. The molecule has 0 bridgehead atoms. The fourth-order valence-electron chi connectivity index (χ4n) is 3.17. The lowest BCUT2D eigenvalue weighted by molar-refractivity contribution is -0.139. The second kappa shape index (κ2) is 8.20. The van der Waals surface area contributed by atoms with Crippen molar-refractivity contribution < 1.29 is 23.4 Å². The summed E-state index contributed by atoms with van der Waals surface area (Å²) in [7, 11) is 0. The first-order chi connectivity index (χ1) is 13.7. The zero-order chi connectivity index (χ0) is 21.3. The van der Waals surface area contributed by atoms with Crippen LogP contribution in [0.15, 0.2) is 34.9 Å². The van der Waals surface area contributed by atoms with Gasteiger partial charge in [0.05, 0.1) is 12.2 Å². The largest absolute Gasteiger partial charge is 0.485 e. The zero-order valence-corrected chi connectivity index (χ0v) is 16.3. The molecular weight excluding hydrogens is 408 g/mol. The number of halogens is 3. The van der Waals surface area contributed by atoms with E-state index in [1.807, 2.05) is 0 Å². The number of aryl methyl sites for hydroxylation is 1. The van der Waals surface area contributed by atoms with Crippen molar-refractivity contribution in [2.24, 2.45) is 0 Å². The Morgan fingerprint density at radius 2 is 2.14 bits per heavy atom. The molecule has 2 aromatic heterocycles. The molecule has 10 heteroatoms. The van der Waals surface area contributed by atoms with Crippen molar-refractivity contribution in [2.75, 3.05) is 0 Å². The van der Waals surface area contributed by atoms with Gasteiger partial charge in [-0.3, -0.25) is 9.78 Å². The molecule has 3 heterocycles. The highest BCUT2D eigenvalue weighted by Crippen LogP contribution is 2.30. The van der Waals surface area contributed by atoms with Crippen LogP contribution in [-0.4, -0.2) is 26.7 Å². The number of carboxylic acid groups (broad SMARTS) is 1. The first kappa shape index (κ1) is 20.8. The molecule has 2 unspecified atom stereocenters. The Bertz CT molecular complexity index is 1050. The lowest BCUT2D eigenvalue weighted by Crippen LogP contribution is -2.42. The zero-order valence-electron chi connectivity index (χ0n) is 15.6. The van der Waals surface area contributed by atoms with Crippen LogP contribution in [0.2, 0.25) is 5.02 Å². The molecule has 3 rings (SSSR count). The van der Waals surface area contributed by atoms with E-state index < -0.39 is 35.2 Å². The quantitative estimate of drug-likeness (QED) is 0.765. The molecule has 0 aromatic carbocycles. The van der Waals surface area contributed by atoms with Gasteiger partial charge in [-0.25, -0.2) is 13.6 Å². The van der Waals surface area contributed by atoms with Gasteiger partial charge in [-0.05, 0) is 25.6 Å². The number of carbonyl (C=O) groups is 1. The number of hydrogen-bond donors (Lipinski definition) is 2. The Hall–Kier alpha value is -2.94. The Kier molecular flexibility index (Phi) is 5.88. The molecule has 29 heavy (non-hydrogen) atoms. The number of nitrogens with one attached hydrogen (secondary N) is 1. The van der Waals surface area contributed by atoms with Crippen molar-refractivity contribution in [1.29, 1.82) is 0 Å². The Labute approximate surface area is 169 Å². The van der Waals surface area contributed by atoms with E-state index in [2.05, 4.69) is 10.3 Å². The fraction of sp³-hybridized carbons (Fsp3) is 0.316. The van der Waals surface area contributed by atoms with Gasteiger partial charge in [0.25, 0.3) is 5.56 Å². The molecule has 0 spiro atoms.